The standard InChI is InChI=1S/C35H37N3O4S/c1-22-34(43-23(2)36-22)31-13-9-25-19-26(10-12-30(25)37-31)33-27(11-14-32(39)38-15-17-42-18-16-38)20-28(35(40)41-3)21-29(33)24-7-5-4-6-8-24/h9-14,19-21,24H,4-8,15-18H2,1-3H3. The van der Waals surface area contributed by atoms with E-state index in [0.29, 0.717) is 37.8 Å². The maximum atomic E-state index is 13.1. The van der Waals surface area contributed by atoms with Crippen LogP contribution in [0.15, 0.2) is 48.5 Å². The number of pyridine rings is 1. The number of aromatic nitrogens is 2. The van der Waals surface area contributed by atoms with Gasteiger partial charge in [-0.15, -0.1) is 11.3 Å². The SMILES string of the molecule is COC(=O)c1cc(C=CC(=O)N2CCOCC2)c(-c2ccc3nc(-c4sc(C)nc4C)ccc3c2)c(C2CCCCC2)c1. The first-order chi connectivity index (χ1) is 20.9. The van der Waals surface area contributed by atoms with E-state index in [1.807, 2.05) is 32.1 Å². The number of morpholine rings is 1. The lowest BCUT2D eigenvalue weighted by Crippen LogP contribution is -2.39. The summed E-state index contributed by atoms with van der Waals surface area (Å²) in [5.74, 6) is -0.105. The van der Waals surface area contributed by atoms with Crippen LogP contribution in [0.1, 0.15) is 70.2 Å². The molecule has 7 nitrogen and oxygen atoms in total. The molecule has 2 aromatic heterocycles. The Balaban J connectivity index is 1.47. The molecule has 1 saturated heterocycles. The number of rotatable bonds is 6. The number of nitrogens with zero attached hydrogens (tertiary/aromatic N) is 3. The molecule has 0 radical (unpaired) electrons. The lowest BCUT2D eigenvalue weighted by molar-refractivity contribution is -0.129. The Morgan fingerprint density at radius 2 is 1.79 bits per heavy atom. The van der Waals surface area contributed by atoms with Crippen molar-refractivity contribution in [3.8, 4) is 21.7 Å². The molecule has 2 fully saturated rings. The van der Waals surface area contributed by atoms with Crippen molar-refractivity contribution in [2.75, 3.05) is 33.4 Å². The molecule has 2 aliphatic rings. The first-order valence-electron chi connectivity index (χ1n) is 15.1. The maximum Gasteiger partial charge on any atom is 0.337 e. The fraction of sp³-hybridized carbons (Fsp3) is 0.371. The van der Waals surface area contributed by atoms with Crippen LogP contribution in [-0.4, -0.2) is 60.2 Å². The van der Waals surface area contributed by atoms with Crippen molar-refractivity contribution < 1.29 is 19.1 Å². The van der Waals surface area contributed by atoms with E-state index in [2.05, 4.69) is 35.3 Å². The van der Waals surface area contributed by atoms with Gasteiger partial charge in [-0.1, -0.05) is 31.4 Å². The van der Waals surface area contributed by atoms with Crippen LogP contribution in [0.4, 0.5) is 0 Å². The van der Waals surface area contributed by atoms with E-state index in [-0.39, 0.29) is 11.9 Å². The molecule has 1 saturated carbocycles. The van der Waals surface area contributed by atoms with Gasteiger partial charge in [0.25, 0.3) is 0 Å². The molecule has 1 amide bonds. The Morgan fingerprint density at radius 3 is 2.51 bits per heavy atom. The van der Waals surface area contributed by atoms with Gasteiger partial charge in [0.15, 0.2) is 0 Å². The molecule has 0 bridgehead atoms. The number of fused-ring (bicyclic) bond motifs is 1. The molecule has 43 heavy (non-hydrogen) atoms. The molecule has 222 valence electrons. The van der Waals surface area contributed by atoms with Crippen LogP contribution < -0.4 is 0 Å². The third-order valence-electron chi connectivity index (χ3n) is 8.51. The molecule has 0 spiro atoms. The Morgan fingerprint density at radius 1 is 1.00 bits per heavy atom. The quantitative estimate of drug-likeness (QED) is 0.171. The van der Waals surface area contributed by atoms with Crippen LogP contribution in [0.5, 0.6) is 0 Å². The summed E-state index contributed by atoms with van der Waals surface area (Å²) >= 11 is 1.66. The van der Waals surface area contributed by atoms with E-state index >= 15 is 0 Å². The molecule has 3 heterocycles. The number of benzene rings is 2. The summed E-state index contributed by atoms with van der Waals surface area (Å²) in [6.07, 6.45) is 9.18. The topological polar surface area (TPSA) is 81.6 Å². The predicted octanol–water partition coefficient (Wildman–Crippen LogP) is 7.35. The number of thiazole rings is 1. The second kappa shape index (κ2) is 12.8. The number of methoxy groups -OCH3 is 1. The van der Waals surface area contributed by atoms with Gasteiger partial charge in [0.05, 0.1) is 52.7 Å². The summed E-state index contributed by atoms with van der Waals surface area (Å²) in [6.45, 7) is 6.28. The number of amides is 1. The number of ether oxygens (including phenoxy) is 2. The zero-order valence-electron chi connectivity index (χ0n) is 25.0. The highest BCUT2D eigenvalue weighted by Gasteiger charge is 2.24. The van der Waals surface area contributed by atoms with E-state index in [1.165, 1.54) is 13.5 Å². The first kappa shape index (κ1) is 29.2. The smallest absolute Gasteiger partial charge is 0.337 e. The van der Waals surface area contributed by atoms with Crippen molar-refractivity contribution in [3.63, 3.8) is 0 Å². The van der Waals surface area contributed by atoms with Gasteiger partial charge in [0.1, 0.15) is 0 Å². The van der Waals surface area contributed by atoms with Gasteiger partial charge in [-0.3, -0.25) is 4.79 Å². The third-order valence-corrected chi connectivity index (χ3v) is 9.60. The fourth-order valence-corrected chi connectivity index (χ4v) is 7.24. The number of hydrogen-bond donors (Lipinski definition) is 0. The average Bonchev–Trinajstić information content (AvgIpc) is 3.40. The monoisotopic (exact) mass is 595 g/mol. The normalized spacial score (nSPS) is 16.2. The summed E-state index contributed by atoms with van der Waals surface area (Å²) in [5.41, 5.74) is 7.43. The van der Waals surface area contributed by atoms with Gasteiger partial charge in [-0.2, -0.15) is 0 Å². The highest BCUT2D eigenvalue weighted by molar-refractivity contribution is 7.15. The second-order valence-corrected chi connectivity index (χ2v) is 12.6. The van der Waals surface area contributed by atoms with Crippen molar-refractivity contribution in [1.82, 2.24) is 14.9 Å². The molecular weight excluding hydrogens is 558 g/mol. The minimum absolute atomic E-state index is 0.0548. The zero-order valence-corrected chi connectivity index (χ0v) is 25.8. The molecular formula is C35H37N3O4S. The van der Waals surface area contributed by atoms with Gasteiger partial charge in [0.2, 0.25) is 5.91 Å². The molecule has 0 N–H and O–H groups in total. The lowest BCUT2D eigenvalue weighted by atomic mass is 9.78. The van der Waals surface area contributed by atoms with Crippen LogP contribution in [0, 0.1) is 13.8 Å². The van der Waals surface area contributed by atoms with Crippen molar-refractivity contribution in [3.05, 3.63) is 75.9 Å². The average molecular weight is 596 g/mol. The minimum Gasteiger partial charge on any atom is -0.465 e. The van der Waals surface area contributed by atoms with Crippen molar-refractivity contribution in [2.45, 2.75) is 51.9 Å². The van der Waals surface area contributed by atoms with Crippen LogP contribution in [0.2, 0.25) is 0 Å². The number of esters is 1. The maximum absolute atomic E-state index is 13.1. The molecule has 8 heteroatoms. The summed E-state index contributed by atoms with van der Waals surface area (Å²) < 4.78 is 10.6. The van der Waals surface area contributed by atoms with Gasteiger partial charge in [0, 0.05) is 24.6 Å². The minimum atomic E-state index is -0.374. The van der Waals surface area contributed by atoms with Crippen molar-refractivity contribution in [2.24, 2.45) is 0 Å². The van der Waals surface area contributed by atoms with Crippen LogP contribution >= 0.6 is 11.3 Å². The number of aryl methyl sites for hydroxylation is 2. The van der Waals surface area contributed by atoms with E-state index < -0.39 is 0 Å². The molecule has 4 aromatic rings. The largest absolute Gasteiger partial charge is 0.465 e. The van der Waals surface area contributed by atoms with Crippen LogP contribution in [0.3, 0.4) is 0 Å². The van der Waals surface area contributed by atoms with Gasteiger partial charge < -0.3 is 14.4 Å². The van der Waals surface area contributed by atoms with Crippen LogP contribution in [0.25, 0.3) is 38.7 Å². The van der Waals surface area contributed by atoms with E-state index in [4.69, 9.17) is 14.5 Å². The third kappa shape index (κ3) is 6.26. The highest BCUT2D eigenvalue weighted by atomic mass is 32.1. The number of carbonyl (C=O) groups is 2. The summed E-state index contributed by atoms with van der Waals surface area (Å²) in [6, 6.07) is 14.4. The summed E-state index contributed by atoms with van der Waals surface area (Å²) in [7, 11) is 1.41. The van der Waals surface area contributed by atoms with Crippen molar-refractivity contribution >= 4 is 40.2 Å². The number of carbonyl (C=O) groups excluding carboxylic acids is 2. The fourth-order valence-electron chi connectivity index (χ4n) is 6.35. The lowest BCUT2D eigenvalue weighted by Gasteiger charge is -2.27. The first-order valence-corrected chi connectivity index (χ1v) is 15.9. The summed E-state index contributed by atoms with van der Waals surface area (Å²) in [5, 5.41) is 2.06. The van der Waals surface area contributed by atoms with Gasteiger partial charge in [-0.25, -0.2) is 14.8 Å². The molecule has 1 aliphatic carbocycles. The Hall–Kier alpha value is -3.88. The molecule has 1 aliphatic heterocycles. The predicted molar refractivity (Wildman–Crippen MR) is 171 cm³/mol. The van der Waals surface area contributed by atoms with Gasteiger partial charge >= 0.3 is 5.97 Å². The summed E-state index contributed by atoms with van der Waals surface area (Å²) in [4.78, 5) is 38.4. The van der Waals surface area contributed by atoms with E-state index in [9.17, 15) is 9.59 Å². The Labute approximate surface area is 256 Å². The van der Waals surface area contributed by atoms with Crippen molar-refractivity contribution in [1.29, 1.82) is 0 Å². The van der Waals surface area contributed by atoms with E-state index in [1.54, 1.807) is 22.3 Å². The Bertz CT molecular complexity index is 1700. The zero-order chi connectivity index (χ0) is 29.9. The van der Waals surface area contributed by atoms with E-state index in [0.717, 1.165) is 80.1 Å². The van der Waals surface area contributed by atoms with Gasteiger partial charge in [-0.05, 0) is 91.3 Å². The second-order valence-electron chi connectivity index (χ2n) is 11.4. The molecule has 2 aromatic carbocycles. The molecule has 0 unspecified atom stereocenters. The number of hydrogen-bond acceptors (Lipinski definition) is 7. The molecule has 6 rings (SSSR count). The Kier molecular flexibility index (Phi) is 8.68. The van der Waals surface area contributed by atoms with Crippen LogP contribution in [-0.2, 0) is 14.3 Å². The molecule has 0 atom stereocenters. The highest BCUT2D eigenvalue weighted by Crippen LogP contribution is 2.42.